The van der Waals surface area contributed by atoms with Crippen LogP contribution >= 0.6 is 0 Å². The zero-order valence-electron chi connectivity index (χ0n) is 23.1. The van der Waals surface area contributed by atoms with E-state index in [1.807, 2.05) is 12.1 Å². The van der Waals surface area contributed by atoms with Crippen LogP contribution in [0.2, 0.25) is 0 Å². The average Bonchev–Trinajstić information content (AvgIpc) is 3.32. The van der Waals surface area contributed by atoms with Gasteiger partial charge in [-0.15, -0.1) is 0 Å². The Morgan fingerprint density at radius 3 is 2.00 bits per heavy atom. The van der Waals surface area contributed by atoms with Gasteiger partial charge in [0.2, 0.25) is 0 Å². The van der Waals surface area contributed by atoms with Crippen molar-refractivity contribution >= 4 is 23.9 Å². The summed E-state index contributed by atoms with van der Waals surface area (Å²) in [6, 6.07) is 3.72. The highest BCUT2D eigenvalue weighted by molar-refractivity contribution is 5.74. The minimum absolute atomic E-state index is 0.334. The van der Waals surface area contributed by atoms with Gasteiger partial charge in [-0.3, -0.25) is 19.2 Å². The minimum Gasteiger partial charge on any atom is -0.493 e. The molecule has 1 fully saturated rings. The Balaban J connectivity index is 1.87. The Morgan fingerprint density at radius 2 is 1.40 bits per heavy atom. The number of benzene rings is 1. The molecule has 0 spiro atoms. The van der Waals surface area contributed by atoms with Gasteiger partial charge in [-0.2, -0.15) is 5.10 Å². The lowest BCUT2D eigenvalue weighted by Crippen LogP contribution is -2.60. The normalized spacial score (nSPS) is 23.2. The zero-order valence-corrected chi connectivity index (χ0v) is 23.1. The van der Waals surface area contributed by atoms with Gasteiger partial charge in [0, 0.05) is 33.3 Å². The van der Waals surface area contributed by atoms with Gasteiger partial charge in [0.25, 0.3) is 0 Å². The molecule has 5 atom stereocenters. The molecule has 13 nitrogen and oxygen atoms in total. The van der Waals surface area contributed by atoms with Gasteiger partial charge < -0.3 is 33.2 Å². The molecule has 13 heteroatoms. The molecule has 1 aromatic heterocycles. The van der Waals surface area contributed by atoms with E-state index in [1.165, 1.54) is 39.5 Å². The predicted octanol–water partition coefficient (Wildman–Crippen LogP) is 1.92. The Labute approximate surface area is 230 Å². The van der Waals surface area contributed by atoms with Gasteiger partial charge in [0.15, 0.2) is 36.0 Å². The van der Waals surface area contributed by atoms with E-state index in [4.69, 9.17) is 33.2 Å². The Morgan fingerprint density at radius 1 is 0.825 bits per heavy atom. The molecule has 0 N–H and O–H groups in total. The third-order valence-electron chi connectivity index (χ3n) is 6.61. The molecule has 4 rings (SSSR count). The van der Waals surface area contributed by atoms with E-state index in [9.17, 15) is 19.2 Å². The van der Waals surface area contributed by atoms with Crippen molar-refractivity contribution in [2.45, 2.75) is 71.2 Å². The lowest BCUT2D eigenvalue weighted by atomic mass is 9.89. The number of hydrogen-bond acceptors (Lipinski definition) is 12. The first kappa shape index (κ1) is 28.9. The summed E-state index contributed by atoms with van der Waals surface area (Å²) in [5, 5.41) is 4.58. The van der Waals surface area contributed by atoms with Crippen LogP contribution in [0.3, 0.4) is 0 Å². The summed E-state index contributed by atoms with van der Waals surface area (Å²) in [6.45, 7) is 4.42. The van der Waals surface area contributed by atoms with Crippen molar-refractivity contribution in [3.05, 3.63) is 29.5 Å². The average molecular weight is 561 g/mol. The van der Waals surface area contributed by atoms with Gasteiger partial charge in [-0.1, -0.05) is 0 Å². The summed E-state index contributed by atoms with van der Waals surface area (Å²) in [7, 11) is 3.09. The number of methoxy groups -OCH3 is 2. The van der Waals surface area contributed by atoms with Crippen LogP contribution in [0.15, 0.2) is 18.3 Å². The fraction of sp³-hybridized carbons (Fsp3) is 0.519. The number of carbonyl (C=O) groups is 4. The van der Waals surface area contributed by atoms with Crippen LogP contribution in [0.5, 0.6) is 11.5 Å². The number of ether oxygens (including phenoxy) is 7. The van der Waals surface area contributed by atoms with E-state index in [0.29, 0.717) is 30.0 Å². The van der Waals surface area contributed by atoms with E-state index < -0.39 is 54.5 Å². The first-order valence-corrected chi connectivity index (χ1v) is 12.7. The lowest BCUT2D eigenvalue weighted by molar-refractivity contribution is -0.270. The second kappa shape index (κ2) is 11.9. The summed E-state index contributed by atoms with van der Waals surface area (Å²) in [5.74, 6) is -1.63. The molecular weight excluding hydrogens is 528 g/mol. The third-order valence-corrected chi connectivity index (χ3v) is 6.61. The lowest BCUT2D eigenvalue weighted by Gasteiger charge is -2.44. The maximum absolute atomic E-state index is 12.3. The van der Waals surface area contributed by atoms with Gasteiger partial charge in [0.05, 0.1) is 26.1 Å². The molecule has 0 radical (unpaired) electrons. The molecule has 1 aliphatic carbocycles. The van der Waals surface area contributed by atoms with Crippen LogP contribution in [0, 0.1) is 0 Å². The van der Waals surface area contributed by atoms with Gasteiger partial charge in [0.1, 0.15) is 12.7 Å². The molecule has 2 aliphatic rings. The second-order valence-electron chi connectivity index (χ2n) is 9.42. The summed E-state index contributed by atoms with van der Waals surface area (Å²) < 4.78 is 40.7. The zero-order chi connectivity index (χ0) is 29.1. The van der Waals surface area contributed by atoms with Gasteiger partial charge in [-0.25, -0.2) is 4.68 Å². The third kappa shape index (κ3) is 5.88. The van der Waals surface area contributed by atoms with E-state index in [2.05, 4.69) is 5.10 Å². The molecule has 2 heterocycles. The predicted molar refractivity (Wildman–Crippen MR) is 135 cm³/mol. The van der Waals surface area contributed by atoms with Crippen molar-refractivity contribution in [2.75, 3.05) is 20.8 Å². The highest BCUT2D eigenvalue weighted by Crippen LogP contribution is 2.43. The second-order valence-corrected chi connectivity index (χ2v) is 9.42. The van der Waals surface area contributed by atoms with Crippen molar-refractivity contribution in [3.63, 3.8) is 0 Å². The van der Waals surface area contributed by atoms with Crippen molar-refractivity contribution in [1.82, 2.24) is 9.78 Å². The molecule has 5 unspecified atom stereocenters. The van der Waals surface area contributed by atoms with Crippen molar-refractivity contribution in [2.24, 2.45) is 0 Å². The fourth-order valence-electron chi connectivity index (χ4n) is 5.09. The molecule has 216 valence electrons. The fourth-order valence-corrected chi connectivity index (χ4v) is 5.09. The molecule has 1 aromatic carbocycles. The Kier molecular flexibility index (Phi) is 8.62. The van der Waals surface area contributed by atoms with Crippen molar-refractivity contribution in [1.29, 1.82) is 0 Å². The molecule has 0 amide bonds. The summed E-state index contributed by atoms with van der Waals surface area (Å²) in [6.07, 6.45) is -3.05. The van der Waals surface area contributed by atoms with Crippen LogP contribution < -0.4 is 9.47 Å². The summed E-state index contributed by atoms with van der Waals surface area (Å²) in [5.41, 5.74) is 3.33. The van der Waals surface area contributed by atoms with Crippen molar-refractivity contribution in [3.8, 4) is 22.8 Å². The molecular formula is C27H32N2O11. The first-order chi connectivity index (χ1) is 19.0. The number of aromatic nitrogens is 2. The molecule has 2 aromatic rings. The molecule has 40 heavy (non-hydrogen) atoms. The molecule has 1 aliphatic heterocycles. The van der Waals surface area contributed by atoms with Crippen molar-refractivity contribution < 1.29 is 52.3 Å². The number of hydrogen-bond donors (Lipinski definition) is 0. The molecule has 0 bridgehead atoms. The first-order valence-electron chi connectivity index (χ1n) is 12.7. The topological polar surface area (TPSA) is 151 Å². The van der Waals surface area contributed by atoms with E-state index in [0.717, 1.165) is 16.7 Å². The van der Waals surface area contributed by atoms with Gasteiger partial charge in [-0.05, 0) is 36.1 Å². The number of fused-ring (bicyclic) bond motifs is 3. The Bertz CT molecular complexity index is 1300. The monoisotopic (exact) mass is 560 g/mol. The highest BCUT2D eigenvalue weighted by atomic mass is 16.7. The molecule has 1 saturated heterocycles. The number of nitrogens with zero attached hydrogens (tertiary/aromatic N) is 2. The molecule has 0 saturated carbocycles. The van der Waals surface area contributed by atoms with Crippen LogP contribution in [0.4, 0.5) is 0 Å². The van der Waals surface area contributed by atoms with Crippen LogP contribution in [0.25, 0.3) is 11.3 Å². The number of esters is 4. The number of carbonyl (C=O) groups excluding carboxylic acids is 4. The smallest absolute Gasteiger partial charge is 0.303 e. The number of rotatable bonds is 8. The Hall–Kier alpha value is -4.13. The van der Waals surface area contributed by atoms with Crippen LogP contribution in [-0.2, 0) is 55.7 Å². The maximum atomic E-state index is 12.3. The SMILES string of the molecule is COc1cc2c(cc1OC)-c1c(cnn1C1OC(COC(C)=O)C(OC(C)=O)C(OC(C)=O)C1OC(C)=O)CC2. The number of aryl methyl sites for hydroxylation is 2. The van der Waals surface area contributed by atoms with Crippen LogP contribution in [-0.4, -0.2) is 78.9 Å². The van der Waals surface area contributed by atoms with Gasteiger partial charge >= 0.3 is 23.9 Å². The summed E-state index contributed by atoms with van der Waals surface area (Å²) in [4.78, 5) is 48.2. The quantitative estimate of drug-likeness (QED) is 0.343. The standard InChI is InChI=1S/C27H32N2O11/c1-13(30)36-12-22-24(37-14(2)31)25(38-15(3)32)26(39-16(4)33)27(40-22)29-23-18(11-28-29)8-7-17-9-20(34-5)21(35-6)10-19(17)23/h9-11,22,24-27H,7-8,12H2,1-6H3. The van der Waals surface area contributed by atoms with Crippen LogP contribution in [0.1, 0.15) is 45.0 Å². The van der Waals surface area contributed by atoms with E-state index in [1.54, 1.807) is 13.3 Å². The highest BCUT2D eigenvalue weighted by Gasteiger charge is 2.53. The minimum atomic E-state index is -1.31. The largest absolute Gasteiger partial charge is 0.493 e. The summed E-state index contributed by atoms with van der Waals surface area (Å²) >= 11 is 0. The van der Waals surface area contributed by atoms with E-state index >= 15 is 0 Å². The maximum Gasteiger partial charge on any atom is 0.303 e. The van der Waals surface area contributed by atoms with E-state index in [-0.39, 0.29) is 6.61 Å².